The van der Waals surface area contributed by atoms with Gasteiger partial charge in [0.1, 0.15) is 12.1 Å². The maximum absolute atomic E-state index is 12.1. The fraction of sp³-hybridized carbons (Fsp3) is 0.938. The summed E-state index contributed by atoms with van der Waals surface area (Å²) in [4.78, 5) is 12.1. The fourth-order valence-electron chi connectivity index (χ4n) is 3.10. The highest BCUT2D eigenvalue weighted by molar-refractivity contribution is 7.38. The summed E-state index contributed by atoms with van der Waals surface area (Å²) in [6.07, 6.45) is 15.2. The van der Waals surface area contributed by atoms with Crippen LogP contribution >= 0.6 is 8.58 Å². The van der Waals surface area contributed by atoms with Gasteiger partial charge in [0.2, 0.25) is 0 Å². The molecule has 2 aliphatic rings. The number of carbonyl (C=O) groups excluding carboxylic acids is 1. The lowest BCUT2D eigenvalue weighted by molar-refractivity contribution is -0.150. The Balaban J connectivity index is 1.74. The van der Waals surface area contributed by atoms with Crippen molar-refractivity contribution in [3.05, 3.63) is 0 Å². The van der Waals surface area contributed by atoms with Crippen LogP contribution in [0.2, 0.25) is 0 Å². The number of hydrogen-bond acceptors (Lipinski definition) is 3. The van der Waals surface area contributed by atoms with Crippen molar-refractivity contribution in [2.75, 3.05) is 18.9 Å². The highest BCUT2D eigenvalue weighted by atomic mass is 31.1. The van der Waals surface area contributed by atoms with Crippen molar-refractivity contribution in [1.29, 1.82) is 0 Å². The monoisotopic (exact) mass is 299 g/mol. The average molecular weight is 299 g/mol. The molecule has 0 bridgehead atoms. The molecule has 116 valence electrons. The fourth-order valence-corrected chi connectivity index (χ4v) is 4.42. The molecule has 0 saturated carbocycles. The predicted molar refractivity (Wildman–Crippen MR) is 85.9 cm³/mol. The zero-order valence-corrected chi connectivity index (χ0v) is 13.7. The standard InChI is InChI=1S/C16H30NO2P/c18-16(15-10-8-11-17-15)19-14-9-6-4-2-1-3-5-7-12-20-13-14/h14-15,17,20H,1-13H2/t14?,15-/m1/s1. The van der Waals surface area contributed by atoms with Gasteiger partial charge < -0.3 is 10.1 Å². The summed E-state index contributed by atoms with van der Waals surface area (Å²) >= 11 is 0. The van der Waals surface area contributed by atoms with Crippen LogP contribution in [0.15, 0.2) is 0 Å². The molecule has 20 heavy (non-hydrogen) atoms. The van der Waals surface area contributed by atoms with E-state index in [1.54, 1.807) is 0 Å². The van der Waals surface area contributed by atoms with Gasteiger partial charge in [-0.05, 0) is 44.8 Å². The molecule has 0 radical (unpaired) electrons. The van der Waals surface area contributed by atoms with Gasteiger partial charge >= 0.3 is 5.97 Å². The highest BCUT2D eigenvalue weighted by Gasteiger charge is 2.25. The molecule has 0 aromatic carbocycles. The topological polar surface area (TPSA) is 38.3 Å². The smallest absolute Gasteiger partial charge is 0.323 e. The van der Waals surface area contributed by atoms with E-state index in [2.05, 4.69) is 5.32 Å². The van der Waals surface area contributed by atoms with E-state index in [-0.39, 0.29) is 18.1 Å². The first kappa shape index (κ1) is 16.2. The van der Waals surface area contributed by atoms with Crippen molar-refractivity contribution in [2.45, 2.75) is 76.4 Å². The Morgan fingerprint density at radius 2 is 1.70 bits per heavy atom. The molecule has 0 aromatic heterocycles. The maximum atomic E-state index is 12.1. The van der Waals surface area contributed by atoms with Crippen LogP contribution in [0.1, 0.15) is 64.2 Å². The molecule has 2 rings (SSSR count). The Bertz CT molecular complexity index is 268. The molecular weight excluding hydrogens is 269 g/mol. The lowest BCUT2D eigenvalue weighted by Crippen LogP contribution is -2.35. The first-order valence-electron chi connectivity index (χ1n) is 8.51. The van der Waals surface area contributed by atoms with Gasteiger partial charge in [0.15, 0.2) is 0 Å². The quantitative estimate of drug-likeness (QED) is 0.627. The van der Waals surface area contributed by atoms with Gasteiger partial charge in [-0.1, -0.05) is 32.1 Å². The largest absolute Gasteiger partial charge is 0.461 e. The third-order valence-corrected chi connectivity index (χ3v) is 5.83. The van der Waals surface area contributed by atoms with Crippen molar-refractivity contribution < 1.29 is 9.53 Å². The van der Waals surface area contributed by atoms with Gasteiger partial charge in [0.25, 0.3) is 0 Å². The Kier molecular flexibility index (Phi) is 7.90. The Morgan fingerprint density at radius 1 is 0.950 bits per heavy atom. The van der Waals surface area contributed by atoms with E-state index in [1.807, 2.05) is 0 Å². The van der Waals surface area contributed by atoms with Crippen LogP contribution < -0.4 is 5.32 Å². The minimum atomic E-state index is -0.0280. The first-order valence-corrected chi connectivity index (χ1v) is 9.92. The van der Waals surface area contributed by atoms with Crippen molar-refractivity contribution in [3.8, 4) is 0 Å². The minimum absolute atomic E-state index is 0.00407. The van der Waals surface area contributed by atoms with E-state index in [0.717, 1.165) is 40.5 Å². The van der Waals surface area contributed by atoms with E-state index in [0.29, 0.717) is 0 Å². The van der Waals surface area contributed by atoms with Crippen LogP contribution in [0.4, 0.5) is 0 Å². The first-order chi connectivity index (χ1) is 9.86. The molecule has 1 N–H and O–H groups in total. The van der Waals surface area contributed by atoms with Gasteiger partial charge in [0, 0.05) is 6.16 Å². The molecule has 2 fully saturated rings. The van der Waals surface area contributed by atoms with Gasteiger partial charge in [-0.15, -0.1) is 8.58 Å². The molecule has 0 amide bonds. The van der Waals surface area contributed by atoms with Crippen LogP contribution in [0.5, 0.6) is 0 Å². The number of carbonyl (C=O) groups is 1. The number of esters is 1. The van der Waals surface area contributed by atoms with Crippen LogP contribution in [-0.4, -0.2) is 37.0 Å². The van der Waals surface area contributed by atoms with Crippen LogP contribution in [0, 0.1) is 0 Å². The van der Waals surface area contributed by atoms with Crippen LogP contribution in [0.3, 0.4) is 0 Å². The normalized spacial score (nSPS) is 31.4. The molecule has 2 unspecified atom stereocenters. The summed E-state index contributed by atoms with van der Waals surface area (Å²) in [7, 11) is 0.970. The van der Waals surface area contributed by atoms with Crippen LogP contribution in [0.25, 0.3) is 0 Å². The summed E-state index contributed by atoms with van der Waals surface area (Å²) in [5.41, 5.74) is 0. The zero-order chi connectivity index (χ0) is 14.0. The number of hydrogen-bond donors (Lipinski definition) is 1. The summed E-state index contributed by atoms with van der Waals surface area (Å²) in [6.45, 7) is 0.964. The molecular formula is C16H30NO2P. The second-order valence-corrected chi connectivity index (χ2v) is 7.58. The molecule has 2 heterocycles. The van der Waals surface area contributed by atoms with Crippen molar-refractivity contribution in [1.82, 2.24) is 5.32 Å². The van der Waals surface area contributed by atoms with E-state index < -0.39 is 0 Å². The highest BCUT2D eigenvalue weighted by Crippen LogP contribution is 2.22. The molecule has 0 spiro atoms. The maximum Gasteiger partial charge on any atom is 0.323 e. The lowest BCUT2D eigenvalue weighted by Gasteiger charge is -2.20. The summed E-state index contributed by atoms with van der Waals surface area (Å²) < 4.78 is 5.78. The van der Waals surface area contributed by atoms with Gasteiger partial charge in [0.05, 0.1) is 0 Å². The van der Waals surface area contributed by atoms with Crippen molar-refractivity contribution in [2.24, 2.45) is 0 Å². The average Bonchev–Trinajstić information content (AvgIpc) is 2.96. The third kappa shape index (κ3) is 6.10. The van der Waals surface area contributed by atoms with E-state index in [1.165, 1.54) is 51.1 Å². The van der Waals surface area contributed by atoms with E-state index in [4.69, 9.17) is 4.74 Å². The lowest BCUT2D eigenvalue weighted by atomic mass is 10.1. The molecule has 0 aromatic rings. The number of ether oxygens (including phenoxy) is 1. The van der Waals surface area contributed by atoms with Gasteiger partial charge in [-0.2, -0.15) is 0 Å². The van der Waals surface area contributed by atoms with Crippen molar-refractivity contribution >= 4 is 14.6 Å². The van der Waals surface area contributed by atoms with Crippen LogP contribution in [-0.2, 0) is 9.53 Å². The Labute approximate surface area is 125 Å². The zero-order valence-electron chi connectivity index (χ0n) is 12.7. The van der Waals surface area contributed by atoms with Crippen molar-refractivity contribution in [3.63, 3.8) is 0 Å². The molecule has 3 nitrogen and oxygen atoms in total. The SMILES string of the molecule is O=C(OC1CCCCCCCCCPC1)[C@H]1CCCN1. The van der Waals surface area contributed by atoms with E-state index in [9.17, 15) is 4.79 Å². The second-order valence-electron chi connectivity index (χ2n) is 6.18. The summed E-state index contributed by atoms with van der Waals surface area (Å²) in [6, 6.07) is -0.0280. The summed E-state index contributed by atoms with van der Waals surface area (Å²) in [5, 5.41) is 3.24. The summed E-state index contributed by atoms with van der Waals surface area (Å²) in [5.74, 6) is 0.00407. The predicted octanol–water partition coefficient (Wildman–Crippen LogP) is 3.46. The van der Waals surface area contributed by atoms with Gasteiger partial charge in [-0.3, -0.25) is 4.79 Å². The molecule has 0 aliphatic carbocycles. The minimum Gasteiger partial charge on any atom is -0.461 e. The van der Waals surface area contributed by atoms with Gasteiger partial charge in [-0.25, -0.2) is 0 Å². The number of rotatable bonds is 2. The molecule has 2 saturated heterocycles. The second kappa shape index (κ2) is 9.73. The molecule has 2 aliphatic heterocycles. The molecule has 3 atom stereocenters. The Morgan fingerprint density at radius 3 is 2.45 bits per heavy atom. The molecule has 4 heteroatoms. The third-order valence-electron chi connectivity index (χ3n) is 4.38. The number of nitrogens with one attached hydrogen (secondary N) is 1. The Hall–Kier alpha value is -0.140. The van der Waals surface area contributed by atoms with E-state index >= 15 is 0 Å².